The number of benzene rings is 4. The summed E-state index contributed by atoms with van der Waals surface area (Å²) in [4.78, 5) is 18.4. The van der Waals surface area contributed by atoms with E-state index in [4.69, 9.17) is 28.5 Å². The molecule has 0 amide bonds. The van der Waals surface area contributed by atoms with Crippen molar-refractivity contribution in [3.8, 4) is 17.2 Å². The molecule has 1 aliphatic rings. The zero-order chi connectivity index (χ0) is 41.8. The Labute approximate surface area is 332 Å². The molecule has 0 bridgehead atoms. The number of hydroxylamine groups is 2. The Kier molecular flexibility index (Phi) is 15.3. The Bertz CT molecular complexity index is 1760. The van der Waals surface area contributed by atoms with E-state index in [0.717, 1.165) is 11.1 Å². The van der Waals surface area contributed by atoms with Crippen molar-refractivity contribution >= 4 is 6.16 Å². The van der Waals surface area contributed by atoms with Crippen molar-refractivity contribution in [3.05, 3.63) is 125 Å². The normalized spacial score (nSPS) is 17.7. The molecule has 16 heteroatoms. The molecular weight excluding hydrogens is 776 g/mol. The van der Waals surface area contributed by atoms with Gasteiger partial charge in [-0.15, -0.1) is 31.4 Å². The number of rotatable bonds is 17. The molecule has 5 rings (SSSR count). The summed E-state index contributed by atoms with van der Waals surface area (Å²) in [5.74, 6) is -0.691. The summed E-state index contributed by atoms with van der Waals surface area (Å²) in [6.07, 6.45) is -11.5. The van der Waals surface area contributed by atoms with Gasteiger partial charge in [0.15, 0.2) is 0 Å². The van der Waals surface area contributed by atoms with Crippen molar-refractivity contribution in [1.82, 2.24) is 5.06 Å². The van der Waals surface area contributed by atoms with Crippen LogP contribution in [-0.4, -0.2) is 68.1 Å². The van der Waals surface area contributed by atoms with E-state index in [1.807, 2.05) is 42.5 Å². The molecule has 1 saturated heterocycles. The molecule has 0 unspecified atom stereocenters. The number of hydrogen-bond donors (Lipinski definition) is 0. The summed E-state index contributed by atoms with van der Waals surface area (Å²) in [6.45, 7) is 6.46. The van der Waals surface area contributed by atoms with E-state index in [-0.39, 0.29) is 26.3 Å². The highest BCUT2D eigenvalue weighted by Gasteiger charge is 2.42. The van der Waals surface area contributed by atoms with Gasteiger partial charge >= 0.3 is 18.9 Å². The highest BCUT2D eigenvalue weighted by molar-refractivity contribution is 5.60. The fraction of sp³-hybridized carbons (Fsp3) is 0.405. The molecule has 0 saturated carbocycles. The van der Waals surface area contributed by atoms with Crippen molar-refractivity contribution in [2.45, 2.75) is 83.5 Å². The number of alkyl halides is 6. The number of ether oxygens (including phenoxy) is 7. The minimum atomic E-state index is -4.85. The lowest BCUT2D eigenvalue weighted by molar-refractivity contribution is -0.275. The van der Waals surface area contributed by atoms with Gasteiger partial charge in [-0.25, -0.2) is 4.79 Å². The Hall–Kier alpha value is -5.03. The van der Waals surface area contributed by atoms with Crippen LogP contribution in [0.15, 0.2) is 103 Å². The van der Waals surface area contributed by atoms with E-state index >= 15 is 0 Å². The Morgan fingerprint density at radius 3 is 1.59 bits per heavy atom. The molecule has 0 aromatic heterocycles. The van der Waals surface area contributed by atoms with Crippen LogP contribution in [-0.2, 0) is 43.6 Å². The van der Waals surface area contributed by atoms with Crippen LogP contribution in [0.25, 0.3) is 0 Å². The van der Waals surface area contributed by atoms with E-state index in [2.05, 4.69) is 9.47 Å². The fourth-order valence-electron chi connectivity index (χ4n) is 6.02. The first kappa shape index (κ1) is 44.1. The second kappa shape index (κ2) is 20.1. The molecule has 314 valence electrons. The molecule has 1 fully saturated rings. The first-order valence-corrected chi connectivity index (χ1v) is 18.4. The second-order valence-corrected chi connectivity index (χ2v) is 14.3. The van der Waals surface area contributed by atoms with Gasteiger partial charge in [0.1, 0.15) is 22.8 Å². The number of carbonyl (C=O) groups is 1. The lowest BCUT2D eigenvalue weighted by Gasteiger charge is -2.42. The van der Waals surface area contributed by atoms with Crippen LogP contribution >= 0.6 is 0 Å². The van der Waals surface area contributed by atoms with Crippen molar-refractivity contribution in [2.24, 2.45) is 0 Å². The lowest BCUT2D eigenvalue weighted by atomic mass is 9.85. The number of piperidine rings is 1. The molecule has 10 nitrogen and oxygen atoms in total. The zero-order valence-electron chi connectivity index (χ0n) is 32.1. The van der Waals surface area contributed by atoms with Gasteiger partial charge < -0.3 is 38.0 Å². The van der Waals surface area contributed by atoms with Gasteiger partial charge in [-0.05, 0) is 79.4 Å². The standard InChI is InChI=1S/C42H45F6NO9/c1-40(2,3)57-39(50)58-49-24-36(53-27-30-10-16-34(17-11-30)55-41(43,44)45)38(37(25-49)54-28-31-12-18-35(19-13-31)56-42(46,47)48)32-14-20-33(21-15-32)52-23-7-22-51-26-29-8-5-4-6-9-29/h4-6,8-21,36-38H,7,22-28H2,1-3H3/t36-,37+,38-. The predicted molar refractivity (Wildman–Crippen MR) is 198 cm³/mol. The minimum Gasteiger partial charge on any atom is -0.494 e. The smallest absolute Gasteiger partial charge is 0.494 e. The number of carbonyl (C=O) groups excluding carboxylic acids is 1. The van der Waals surface area contributed by atoms with Crippen LogP contribution in [0.4, 0.5) is 31.1 Å². The Balaban J connectivity index is 1.33. The van der Waals surface area contributed by atoms with E-state index in [9.17, 15) is 31.1 Å². The van der Waals surface area contributed by atoms with Crippen LogP contribution in [0.5, 0.6) is 17.2 Å². The highest BCUT2D eigenvalue weighted by atomic mass is 19.4. The Morgan fingerprint density at radius 1 is 0.621 bits per heavy atom. The molecule has 1 aliphatic heterocycles. The molecule has 58 heavy (non-hydrogen) atoms. The number of hydrogen-bond acceptors (Lipinski definition) is 10. The van der Waals surface area contributed by atoms with Crippen molar-refractivity contribution in [2.75, 3.05) is 26.3 Å². The summed E-state index contributed by atoms with van der Waals surface area (Å²) in [5.41, 5.74) is 2.06. The molecule has 1 heterocycles. The molecule has 0 N–H and O–H groups in total. The van der Waals surface area contributed by atoms with Gasteiger partial charge in [0, 0.05) is 12.3 Å². The summed E-state index contributed by atoms with van der Waals surface area (Å²) in [5, 5.41) is 1.35. The predicted octanol–water partition coefficient (Wildman–Crippen LogP) is 9.91. The number of nitrogens with zero attached hydrogens (tertiary/aromatic N) is 1. The summed E-state index contributed by atoms with van der Waals surface area (Å²) < 4.78 is 114. The first-order valence-electron chi connectivity index (χ1n) is 18.4. The van der Waals surface area contributed by atoms with E-state index < -0.39 is 54.1 Å². The van der Waals surface area contributed by atoms with Gasteiger partial charge in [0.2, 0.25) is 0 Å². The molecule has 3 atom stereocenters. The minimum absolute atomic E-state index is 0.0454. The SMILES string of the molecule is CC(C)(C)OC(=O)ON1C[C@H](OCc2ccc(OC(F)(F)F)cc2)[C@H](c2ccc(OCCCOCc3ccccc3)cc2)[C@H](OCc2ccc(OC(F)(F)F)cc2)C1. The van der Waals surface area contributed by atoms with Crippen LogP contribution < -0.4 is 14.2 Å². The summed E-state index contributed by atoms with van der Waals surface area (Å²) >= 11 is 0. The first-order chi connectivity index (χ1) is 27.5. The third-order valence-corrected chi connectivity index (χ3v) is 8.48. The van der Waals surface area contributed by atoms with Gasteiger partial charge in [0.25, 0.3) is 0 Å². The van der Waals surface area contributed by atoms with Crippen molar-refractivity contribution < 1.29 is 69.1 Å². The lowest BCUT2D eigenvalue weighted by Crippen LogP contribution is -2.53. The molecule has 4 aromatic carbocycles. The highest BCUT2D eigenvalue weighted by Crippen LogP contribution is 2.36. The zero-order valence-corrected chi connectivity index (χ0v) is 32.1. The number of halogens is 6. The molecule has 0 radical (unpaired) electrons. The monoisotopic (exact) mass is 821 g/mol. The average molecular weight is 822 g/mol. The second-order valence-electron chi connectivity index (χ2n) is 14.3. The van der Waals surface area contributed by atoms with Gasteiger partial charge in [-0.1, -0.05) is 66.7 Å². The fourth-order valence-corrected chi connectivity index (χ4v) is 6.02. The third kappa shape index (κ3) is 15.4. The third-order valence-electron chi connectivity index (χ3n) is 8.48. The molecule has 0 spiro atoms. The summed E-state index contributed by atoms with van der Waals surface area (Å²) in [6, 6.07) is 27.6. The topological polar surface area (TPSA) is 94.2 Å². The van der Waals surface area contributed by atoms with E-state index in [0.29, 0.717) is 43.1 Å². The van der Waals surface area contributed by atoms with Gasteiger partial charge in [-0.2, -0.15) is 0 Å². The quantitative estimate of drug-likeness (QED) is 0.0582. The average Bonchev–Trinajstić information content (AvgIpc) is 3.14. The van der Waals surface area contributed by atoms with E-state index in [1.54, 1.807) is 32.9 Å². The van der Waals surface area contributed by atoms with Crippen molar-refractivity contribution in [3.63, 3.8) is 0 Å². The maximum Gasteiger partial charge on any atom is 0.573 e. The summed E-state index contributed by atoms with van der Waals surface area (Å²) in [7, 11) is 0. The van der Waals surface area contributed by atoms with Gasteiger partial charge in [0.05, 0.1) is 58.3 Å². The maximum absolute atomic E-state index is 12.8. The molecular formula is C42H45F6NO9. The molecule has 4 aromatic rings. The molecule has 0 aliphatic carbocycles. The largest absolute Gasteiger partial charge is 0.573 e. The maximum atomic E-state index is 12.8. The van der Waals surface area contributed by atoms with Crippen LogP contribution in [0.2, 0.25) is 0 Å². The van der Waals surface area contributed by atoms with Crippen LogP contribution in [0.1, 0.15) is 55.4 Å². The van der Waals surface area contributed by atoms with E-state index in [1.165, 1.54) is 53.6 Å². The van der Waals surface area contributed by atoms with Crippen LogP contribution in [0, 0.1) is 0 Å². The Morgan fingerprint density at radius 2 is 1.10 bits per heavy atom. The van der Waals surface area contributed by atoms with Crippen molar-refractivity contribution in [1.29, 1.82) is 0 Å². The van der Waals surface area contributed by atoms with Crippen LogP contribution in [0.3, 0.4) is 0 Å². The van der Waals surface area contributed by atoms with Gasteiger partial charge in [-0.3, -0.25) is 0 Å².